The van der Waals surface area contributed by atoms with Crippen LogP contribution in [0.25, 0.3) is 0 Å². The van der Waals surface area contributed by atoms with E-state index in [2.05, 4.69) is 46.5 Å². The Labute approximate surface area is 178 Å². The third-order valence-corrected chi connectivity index (χ3v) is 9.76. The molecule has 5 heteroatoms. The van der Waals surface area contributed by atoms with Crippen LogP contribution < -0.4 is 0 Å². The summed E-state index contributed by atoms with van der Waals surface area (Å²) >= 11 is 0. The molecular formula is C24H38O4Si. The average molecular weight is 419 g/mol. The number of unbranched alkanes of at least 4 members (excludes halogenated alkanes) is 2. The molecular weight excluding hydrogens is 380 g/mol. The summed E-state index contributed by atoms with van der Waals surface area (Å²) in [5.41, 5.74) is 0.596. The van der Waals surface area contributed by atoms with Crippen molar-refractivity contribution >= 4 is 14.3 Å². The molecule has 0 aliphatic heterocycles. The van der Waals surface area contributed by atoms with Gasteiger partial charge in [0.15, 0.2) is 8.32 Å². The second-order valence-corrected chi connectivity index (χ2v) is 13.5. The van der Waals surface area contributed by atoms with Crippen molar-refractivity contribution in [2.24, 2.45) is 0 Å². The van der Waals surface area contributed by atoms with Crippen molar-refractivity contribution in [2.75, 3.05) is 19.8 Å². The Morgan fingerprint density at radius 3 is 2.45 bits per heavy atom. The second kappa shape index (κ2) is 12.8. The van der Waals surface area contributed by atoms with Gasteiger partial charge in [-0.1, -0.05) is 57.2 Å². The van der Waals surface area contributed by atoms with Gasteiger partial charge in [-0.15, -0.1) is 6.58 Å². The number of ether oxygens (including phenoxy) is 2. The topological polar surface area (TPSA) is 44.8 Å². The summed E-state index contributed by atoms with van der Waals surface area (Å²) in [7, 11) is -1.77. The minimum atomic E-state index is -1.77. The first-order valence-electron chi connectivity index (χ1n) is 10.4. The van der Waals surface area contributed by atoms with E-state index in [1.54, 1.807) is 12.1 Å². The van der Waals surface area contributed by atoms with E-state index >= 15 is 0 Å². The smallest absolute Gasteiger partial charge is 0.338 e. The molecule has 4 nitrogen and oxygen atoms in total. The lowest BCUT2D eigenvalue weighted by Crippen LogP contribution is -2.42. The Hall–Kier alpha value is -1.69. The predicted octanol–water partition coefficient (Wildman–Crippen LogP) is 6.16. The van der Waals surface area contributed by atoms with Crippen LogP contribution >= 0.6 is 0 Å². The van der Waals surface area contributed by atoms with Crippen LogP contribution in [0.5, 0.6) is 0 Å². The molecule has 0 aromatic heterocycles. The Balaban J connectivity index is 2.13. The van der Waals surface area contributed by atoms with Crippen molar-refractivity contribution in [1.82, 2.24) is 0 Å². The number of esters is 1. The highest BCUT2D eigenvalue weighted by molar-refractivity contribution is 6.74. The van der Waals surface area contributed by atoms with Gasteiger partial charge in [-0.25, -0.2) is 4.79 Å². The Morgan fingerprint density at radius 2 is 1.83 bits per heavy atom. The van der Waals surface area contributed by atoms with Gasteiger partial charge in [0.25, 0.3) is 0 Å². The van der Waals surface area contributed by atoms with Crippen LogP contribution in [-0.4, -0.2) is 40.2 Å². The first kappa shape index (κ1) is 25.3. The van der Waals surface area contributed by atoms with Gasteiger partial charge in [0.2, 0.25) is 0 Å². The average Bonchev–Trinajstić information content (AvgIpc) is 2.68. The second-order valence-electron chi connectivity index (χ2n) is 8.65. The molecule has 1 aromatic carbocycles. The number of benzene rings is 1. The fraction of sp³-hybridized carbons (Fsp3) is 0.542. The molecule has 0 N–H and O–H groups in total. The van der Waals surface area contributed by atoms with Crippen LogP contribution in [0.3, 0.4) is 0 Å². The van der Waals surface area contributed by atoms with Crippen LogP contribution in [0.1, 0.15) is 50.4 Å². The maximum Gasteiger partial charge on any atom is 0.338 e. The zero-order valence-electron chi connectivity index (χ0n) is 18.8. The van der Waals surface area contributed by atoms with Gasteiger partial charge in [-0.05, 0) is 49.5 Å². The molecule has 1 aromatic rings. The zero-order valence-corrected chi connectivity index (χ0v) is 19.8. The number of hydrogen-bond donors (Lipinski definition) is 0. The standard InChI is InChI=1S/C24H38O4Si/c1-7-22(20-28-29(5,6)24(2,3)4)26-18-14-9-8-10-15-19-27-23(25)21-16-12-11-13-17-21/h7,9,11-14,16-17,22H,1,8,10,15,18-20H2,2-6H3/b14-9+/t22-/m1/s1. The van der Waals surface area contributed by atoms with Crippen molar-refractivity contribution in [3.8, 4) is 0 Å². The van der Waals surface area contributed by atoms with Crippen LogP contribution in [-0.2, 0) is 13.9 Å². The summed E-state index contributed by atoms with van der Waals surface area (Å²) in [6.07, 6.45) is 8.60. The van der Waals surface area contributed by atoms with Gasteiger partial charge in [-0.2, -0.15) is 0 Å². The molecule has 0 saturated heterocycles. The van der Waals surface area contributed by atoms with E-state index in [-0.39, 0.29) is 17.1 Å². The van der Waals surface area contributed by atoms with Crippen molar-refractivity contribution < 1.29 is 18.7 Å². The molecule has 0 fully saturated rings. The summed E-state index contributed by atoms with van der Waals surface area (Å²) in [5, 5.41) is 0.189. The molecule has 162 valence electrons. The Bertz CT molecular complexity index is 632. The lowest BCUT2D eigenvalue weighted by atomic mass is 10.2. The molecule has 1 atom stereocenters. The van der Waals surface area contributed by atoms with Crippen molar-refractivity contribution in [3.63, 3.8) is 0 Å². The quantitative estimate of drug-likeness (QED) is 0.166. The van der Waals surface area contributed by atoms with Gasteiger partial charge in [0, 0.05) is 0 Å². The summed E-state index contributed by atoms with van der Waals surface area (Å²) in [5.74, 6) is -0.259. The molecule has 1 rings (SSSR count). The summed E-state index contributed by atoms with van der Waals surface area (Å²) in [6.45, 7) is 16.6. The molecule has 0 amide bonds. The van der Waals surface area contributed by atoms with Crippen LogP contribution in [0.2, 0.25) is 18.1 Å². The molecule has 0 aliphatic rings. The highest BCUT2D eigenvalue weighted by Gasteiger charge is 2.37. The van der Waals surface area contributed by atoms with E-state index in [0.29, 0.717) is 25.4 Å². The van der Waals surface area contributed by atoms with Gasteiger partial charge < -0.3 is 13.9 Å². The van der Waals surface area contributed by atoms with E-state index < -0.39 is 8.32 Å². The van der Waals surface area contributed by atoms with Gasteiger partial charge in [-0.3, -0.25) is 0 Å². The van der Waals surface area contributed by atoms with Gasteiger partial charge in [0.05, 0.1) is 31.5 Å². The van der Waals surface area contributed by atoms with E-state index in [1.165, 1.54) is 0 Å². The molecule has 0 spiro atoms. The van der Waals surface area contributed by atoms with Crippen molar-refractivity contribution in [2.45, 2.75) is 64.3 Å². The highest BCUT2D eigenvalue weighted by Crippen LogP contribution is 2.36. The number of carbonyl (C=O) groups excluding carboxylic acids is 1. The largest absolute Gasteiger partial charge is 0.462 e. The predicted molar refractivity (Wildman–Crippen MR) is 123 cm³/mol. The molecule has 0 saturated carbocycles. The highest BCUT2D eigenvalue weighted by atomic mass is 28.4. The number of rotatable bonds is 13. The van der Waals surface area contributed by atoms with Gasteiger partial charge >= 0.3 is 5.97 Å². The van der Waals surface area contributed by atoms with E-state index in [0.717, 1.165) is 19.3 Å². The lowest BCUT2D eigenvalue weighted by molar-refractivity contribution is 0.0498. The minimum absolute atomic E-state index is 0.0915. The van der Waals surface area contributed by atoms with Crippen LogP contribution in [0.4, 0.5) is 0 Å². The van der Waals surface area contributed by atoms with Gasteiger partial charge in [0.1, 0.15) is 0 Å². The molecule has 0 aliphatic carbocycles. The SMILES string of the molecule is C=C[C@H](CO[Si](C)(C)C(C)(C)C)OC/C=C/CCCCOC(=O)c1ccccc1. The maximum absolute atomic E-state index is 11.8. The molecule has 0 unspecified atom stereocenters. The Morgan fingerprint density at radius 1 is 1.14 bits per heavy atom. The Kier molecular flexibility index (Phi) is 11.2. The number of hydrogen-bond acceptors (Lipinski definition) is 4. The third kappa shape index (κ3) is 10.1. The van der Waals surface area contributed by atoms with Crippen molar-refractivity contribution in [3.05, 3.63) is 60.7 Å². The molecule has 0 heterocycles. The fourth-order valence-corrected chi connectivity index (χ4v) is 3.26. The number of carbonyl (C=O) groups is 1. The summed E-state index contributed by atoms with van der Waals surface area (Å²) in [6, 6.07) is 9.07. The first-order chi connectivity index (χ1) is 13.7. The fourth-order valence-electron chi connectivity index (χ4n) is 2.24. The molecule has 0 radical (unpaired) electrons. The van der Waals surface area contributed by atoms with E-state index in [4.69, 9.17) is 13.9 Å². The number of allylic oxidation sites excluding steroid dienone is 1. The van der Waals surface area contributed by atoms with Crippen LogP contribution in [0.15, 0.2) is 55.1 Å². The first-order valence-corrected chi connectivity index (χ1v) is 13.3. The maximum atomic E-state index is 11.8. The van der Waals surface area contributed by atoms with Crippen LogP contribution in [0, 0.1) is 0 Å². The molecule has 29 heavy (non-hydrogen) atoms. The lowest BCUT2D eigenvalue weighted by Gasteiger charge is -2.36. The summed E-state index contributed by atoms with van der Waals surface area (Å²) in [4.78, 5) is 11.8. The van der Waals surface area contributed by atoms with Crippen molar-refractivity contribution in [1.29, 1.82) is 0 Å². The van der Waals surface area contributed by atoms with E-state index in [1.807, 2.05) is 30.4 Å². The minimum Gasteiger partial charge on any atom is -0.462 e. The summed E-state index contributed by atoms with van der Waals surface area (Å²) < 4.78 is 17.3. The molecule has 0 bridgehead atoms. The zero-order chi connectivity index (χ0) is 21.8. The normalized spacial score (nSPS) is 13.4. The third-order valence-electron chi connectivity index (χ3n) is 5.26. The monoisotopic (exact) mass is 418 g/mol. The van der Waals surface area contributed by atoms with E-state index in [9.17, 15) is 4.79 Å².